The summed E-state index contributed by atoms with van der Waals surface area (Å²) in [7, 11) is 1.60. The topological polar surface area (TPSA) is 67.4 Å². The second-order valence-corrected chi connectivity index (χ2v) is 6.31. The zero-order chi connectivity index (χ0) is 20.5. The van der Waals surface area contributed by atoms with E-state index in [2.05, 4.69) is 10.6 Å². The number of para-hydroxylation sites is 1. The summed E-state index contributed by atoms with van der Waals surface area (Å²) >= 11 is 0. The molecule has 29 heavy (non-hydrogen) atoms. The molecule has 2 N–H and O–H groups in total. The molecule has 0 heterocycles. The summed E-state index contributed by atoms with van der Waals surface area (Å²) in [5.41, 5.74) is 2.75. The zero-order valence-electron chi connectivity index (χ0n) is 16.1. The van der Waals surface area contributed by atoms with Gasteiger partial charge in [-0.3, -0.25) is 9.59 Å². The van der Waals surface area contributed by atoms with E-state index in [0.29, 0.717) is 17.8 Å². The molecular weight excluding hydrogens is 364 g/mol. The van der Waals surface area contributed by atoms with Crippen molar-refractivity contribution in [3.8, 4) is 5.75 Å². The van der Waals surface area contributed by atoms with Crippen LogP contribution in [0.25, 0.3) is 6.08 Å². The molecule has 0 fully saturated rings. The number of methoxy groups -OCH3 is 1. The van der Waals surface area contributed by atoms with Gasteiger partial charge in [0, 0.05) is 12.6 Å². The maximum absolute atomic E-state index is 12.6. The largest absolute Gasteiger partial charge is 0.497 e. The maximum Gasteiger partial charge on any atom is 0.253 e. The van der Waals surface area contributed by atoms with E-state index in [9.17, 15) is 9.59 Å². The number of anilines is 1. The van der Waals surface area contributed by atoms with Crippen molar-refractivity contribution in [1.29, 1.82) is 0 Å². The Morgan fingerprint density at radius 1 is 0.897 bits per heavy atom. The highest BCUT2D eigenvalue weighted by molar-refractivity contribution is 6.07. The van der Waals surface area contributed by atoms with Crippen LogP contribution in [0.2, 0.25) is 0 Å². The average molecular weight is 386 g/mol. The molecule has 0 bridgehead atoms. The Morgan fingerprint density at radius 3 is 2.31 bits per heavy atom. The fourth-order valence-electron chi connectivity index (χ4n) is 2.72. The molecule has 0 aliphatic carbocycles. The summed E-state index contributed by atoms with van der Waals surface area (Å²) < 4.78 is 5.12. The molecule has 0 atom stereocenters. The third-order valence-corrected chi connectivity index (χ3v) is 4.27. The second-order valence-electron chi connectivity index (χ2n) is 6.31. The van der Waals surface area contributed by atoms with E-state index >= 15 is 0 Å². The van der Waals surface area contributed by atoms with Crippen LogP contribution in [0.1, 0.15) is 21.5 Å². The van der Waals surface area contributed by atoms with Crippen LogP contribution in [0.3, 0.4) is 0 Å². The monoisotopic (exact) mass is 386 g/mol. The lowest BCUT2D eigenvalue weighted by molar-refractivity contribution is -0.111. The predicted octanol–water partition coefficient (Wildman–Crippen LogP) is 4.28. The van der Waals surface area contributed by atoms with Crippen LogP contribution in [-0.2, 0) is 11.3 Å². The Bertz CT molecular complexity index is 996. The van der Waals surface area contributed by atoms with Crippen molar-refractivity contribution in [1.82, 2.24) is 5.32 Å². The van der Waals surface area contributed by atoms with Crippen LogP contribution in [0, 0.1) is 0 Å². The number of carbonyl (C=O) groups is 2. The molecule has 0 saturated carbocycles. The first-order chi connectivity index (χ1) is 14.2. The number of nitrogens with one attached hydrogen (secondary N) is 2. The standard InChI is InChI=1S/C24H22N2O3/c1-29-20-14-11-18(12-15-20)13-16-23(27)26-22-10-6-5-9-21(22)24(28)25-17-19-7-3-2-4-8-19/h2-16H,17H2,1H3,(H,25,28)(H,26,27). The van der Waals surface area contributed by atoms with Gasteiger partial charge < -0.3 is 15.4 Å². The van der Waals surface area contributed by atoms with Crippen molar-refractivity contribution in [2.45, 2.75) is 6.54 Å². The number of hydrogen-bond donors (Lipinski definition) is 2. The van der Waals surface area contributed by atoms with Crippen molar-refractivity contribution in [2.24, 2.45) is 0 Å². The molecule has 3 rings (SSSR count). The van der Waals surface area contributed by atoms with Crippen LogP contribution in [-0.4, -0.2) is 18.9 Å². The van der Waals surface area contributed by atoms with Gasteiger partial charge in [0.1, 0.15) is 5.75 Å². The van der Waals surface area contributed by atoms with Gasteiger partial charge in [-0.1, -0.05) is 54.6 Å². The molecule has 146 valence electrons. The third-order valence-electron chi connectivity index (χ3n) is 4.27. The van der Waals surface area contributed by atoms with E-state index in [1.165, 1.54) is 6.08 Å². The SMILES string of the molecule is COc1ccc(C=CC(=O)Nc2ccccc2C(=O)NCc2ccccc2)cc1. The van der Waals surface area contributed by atoms with Crippen molar-refractivity contribution in [3.05, 3.63) is 102 Å². The van der Waals surface area contributed by atoms with Crippen molar-refractivity contribution >= 4 is 23.6 Å². The highest BCUT2D eigenvalue weighted by Crippen LogP contribution is 2.16. The lowest BCUT2D eigenvalue weighted by atomic mass is 10.1. The fraction of sp³-hybridized carbons (Fsp3) is 0.0833. The number of amides is 2. The Kier molecular flexibility index (Phi) is 6.79. The molecule has 5 heteroatoms. The van der Waals surface area contributed by atoms with Crippen LogP contribution < -0.4 is 15.4 Å². The van der Waals surface area contributed by atoms with E-state index in [1.54, 1.807) is 37.5 Å². The molecule has 0 unspecified atom stereocenters. The van der Waals surface area contributed by atoms with Crippen molar-refractivity contribution in [3.63, 3.8) is 0 Å². The minimum absolute atomic E-state index is 0.246. The first-order valence-corrected chi connectivity index (χ1v) is 9.20. The smallest absolute Gasteiger partial charge is 0.253 e. The summed E-state index contributed by atoms with van der Waals surface area (Å²) in [4.78, 5) is 24.9. The minimum atomic E-state index is -0.316. The van der Waals surface area contributed by atoms with E-state index in [0.717, 1.165) is 16.9 Å². The summed E-state index contributed by atoms with van der Waals surface area (Å²) in [5.74, 6) is 0.190. The highest BCUT2D eigenvalue weighted by atomic mass is 16.5. The molecule has 0 aliphatic rings. The summed E-state index contributed by atoms with van der Waals surface area (Å²) in [6.45, 7) is 0.416. The van der Waals surface area contributed by atoms with Crippen molar-refractivity contribution < 1.29 is 14.3 Å². The van der Waals surface area contributed by atoms with Gasteiger partial charge in [0.25, 0.3) is 5.91 Å². The normalized spacial score (nSPS) is 10.5. The molecule has 0 saturated heterocycles. The first kappa shape index (κ1) is 19.9. The number of rotatable bonds is 7. The number of ether oxygens (including phenoxy) is 1. The highest BCUT2D eigenvalue weighted by Gasteiger charge is 2.12. The van der Waals surface area contributed by atoms with Crippen molar-refractivity contribution in [2.75, 3.05) is 12.4 Å². The Hall–Kier alpha value is -3.86. The van der Waals surface area contributed by atoms with Gasteiger partial charge in [0.15, 0.2) is 0 Å². The minimum Gasteiger partial charge on any atom is -0.497 e. The predicted molar refractivity (Wildman–Crippen MR) is 115 cm³/mol. The van der Waals surface area contributed by atoms with Crippen LogP contribution in [0.4, 0.5) is 5.69 Å². The molecule has 0 spiro atoms. The molecule has 2 amide bonds. The van der Waals surface area contributed by atoms with E-state index < -0.39 is 0 Å². The first-order valence-electron chi connectivity index (χ1n) is 9.20. The average Bonchev–Trinajstić information content (AvgIpc) is 2.77. The Labute approximate surface area is 170 Å². The second kappa shape index (κ2) is 9.90. The third kappa shape index (κ3) is 5.81. The molecule has 0 aromatic heterocycles. The fourth-order valence-corrected chi connectivity index (χ4v) is 2.72. The van der Waals surface area contributed by atoms with Gasteiger partial charge in [-0.15, -0.1) is 0 Å². The molecular formula is C24H22N2O3. The number of hydrogen-bond acceptors (Lipinski definition) is 3. The van der Waals surface area contributed by atoms with E-state index in [-0.39, 0.29) is 11.8 Å². The molecule has 0 radical (unpaired) electrons. The lowest BCUT2D eigenvalue weighted by Gasteiger charge is -2.10. The van der Waals surface area contributed by atoms with Crippen LogP contribution in [0.5, 0.6) is 5.75 Å². The zero-order valence-corrected chi connectivity index (χ0v) is 16.1. The number of benzene rings is 3. The summed E-state index contributed by atoms with van der Waals surface area (Å²) in [6.07, 6.45) is 3.13. The van der Waals surface area contributed by atoms with E-state index in [4.69, 9.17) is 4.74 Å². The van der Waals surface area contributed by atoms with Gasteiger partial charge >= 0.3 is 0 Å². The van der Waals surface area contributed by atoms with Crippen LogP contribution >= 0.6 is 0 Å². The van der Waals surface area contributed by atoms with Gasteiger partial charge in [-0.05, 0) is 41.5 Å². The molecule has 3 aromatic carbocycles. The molecule has 3 aromatic rings. The molecule has 5 nitrogen and oxygen atoms in total. The quantitative estimate of drug-likeness (QED) is 0.596. The Morgan fingerprint density at radius 2 is 1.59 bits per heavy atom. The van der Waals surface area contributed by atoms with Gasteiger partial charge in [0.2, 0.25) is 5.91 Å². The lowest BCUT2D eigenvalue weighted by Crippen LogP contribution is -2.24. The number of carbonyl (C=O) groups excluding carboxylic acids is 2. The summed E-state index contributed by atoms with van der Waals surface area (Å²) in [6, 6.07) is 23.9. The van der Waals surface area contributed by atoms with Gasteiger partial charge in [-0.2, -0.15) is 0 Å². The van der Waals surface area contributed by atoms with E-state index in [1.807, 2.05) is 54.6 Å². The van der Waals surface area contributed by atoms with Gasteiger partial charge in [-0.25, -0.2) is 0 Å². The molecule has 0 aliphatic heterocycles. The van der Waals surface area contributed by atoms with Gasteiger partial charge in [0.05, 0.1) is 18.4 Å². The van der Waals surface area contributed by atoms with Crippen LogP contribution in [0.15, 0.2) is 84.9 Å². The summed E-state index contributed by atoms with van der Waals surface area (Å²) in [5, 5.41) is 5.65. The Balaban J connectivity index is 1.63. The maximum atomic E-state index is 12.6.